The van der Waals surface area contributed by atoms with E-state index in [9.17, 15) is 9.59 Å². The summed E-state index contributed by atoms with van der Waals surface area (Å²) in [5, 5.41) is 2.92. The topological polar surface area (TPSA) is 81.0 Å². The van der Waals surface area contributed by atoms with Crippen molar-refractivity contribution in [3.63, 3.8) is 0 Å². The summed E-state index contributed by atoms with van der Waals surface area (Å²) in [7, 11) is 0. The van der Waals surface area contributed by atoms with E-state index in [1.165, 1.54) is 6.26 Å². The molecule has 1 aliphatic carbocycles. The molecule has 3 heterocycles. The summed E-state index contributed by atoms with van der Waals surface area (Å²) in [5.74, 6) is 0.654. The predicted molar refractivity (Wildman–Crippen MR) is 100 cm³/mol. The lowest BCUT2D eigenvalue weighted by Crippen LogP contribution is -2.43. The van der Waals surface area contributed by atoms with Gasteiger partial charge in [-0.3, -0.25) is 9.59 Å². The number of hydrogen-bond acceptors (Lipinski definition) is 5. The molecule has 2 aliphatic heterocycles. The van der Waals surface area contributed by atoms with Crippen LogP contribution in [-0.4, -0.2) is 35.1 Å². The average Bonchev–Trinajstić information content (AvgIpc) is 3.48. The van der Waals surface area contributed by atoms with Gasteiger partial charge in [-0.15, -0.1) is 0 Å². The summed E-state index contributed by atoms with van der Waals surface area (Å²) in [6.07, 6.45) is 6.84. The lowest BCUT2D eigenvalue weighted by Gasteiger charge is -2.23. The van der Waals surface area contributed by atoms with Gasteiger partial charge in [-0.05, 0) is 49.9 Å². The van der Waals surface area contributed by atoms with E-state index in [-0.39, 0.29) is 17.6 Å². The van der Waals surface area contributed by atoms with Crippen LogP contribution in [-0.2, 0) is 4.79 Å². The van der Waals surface area contributed by atoms with Crippen molar-refractivity contribution < 1.29 is 23.5 Å². The number of rotatable bonds is 3. The van der Waals surface area contributed by atoms with E-state index in [1.54, 1.807) is 23.1 Å². The first-order valence-electron chi connectivity index (χ1n) is 9.81. The molecule has 28 heavy (non-hydrogen) atoms. The van der Waals surface area contributed by atoms with Gasteiger partial charge in [-0.1, -0.05) is 0 Å². The van der Waals surface area contributed by atoms with E-state index < -0.39 is 11.8 Å². The molecule has 146 valence electrons. The molecule has 0 radical (unpaired) electrons. The predicted octanol–water partition coefficient (Wildman–Crippen LogP) is 3.56. The molecule has 1 atom stereocenters. The first-order valence-corrected chi connectivity index (χ1v) is 9.81. The van der Waals surface area contributed by atoms with Crippen molar-refractivity contribution >= 4 is 17.5 Å². The van der Waals surface area contributed by atoms with Gasteiger partial charge < -0.3 is 24.1 Å². The number of amides is 2. The summed E-state index contributed by atoms with van der Waals surface area (Å²) >= 11 is 0. The summed E-state index contributed by atoms with van der Waals surface area (Å²) in [6.45, 7) is 0.543. The highest BCUT2D eigenvalue weighted by atomic mass is 16.7. The number of benzene rings is 1. The maximum absolute atomic E-state index is 12.8. The van der Waals surface area contributed by atoms with Gasteiger partial charge >= 0.3 is 0 Å². The Labute approximate surface area is 162 Å². The summed E-state index contributed by atoms with van der Waals surface area (Å²) in [4.78, 5) is 27.0. The quantitative estimate of drug-likeness (QED) is 0.878. The summed E-state index contributed by atoms with van der Waals surface area (Å²) in [6, 6.07) is 8.21. The molecule has 3 aliphatic rings. The monoisotopic (exact) mass is 382 g/mol. The number of furan rings is 1. The fraction of sp³-hybridized carbons (Fsp3) is 0.429. The molecule has 7 nitrogen and oxygen atoms in total. The minimum absolute atomic E-state index is 0.202. The number of hydrogen-bond donors (Lipinski definition) is 1. The Morgan fingerprint density at radius 3 is 2.68 bits per heavy atom. The number of likely N-dealkylation sites (tertiary alicyclic amines) is 1. The molecule has 1 aromatic carbocycles. The van der Waals surface area contributed by atoms with Crippen molar-refractivity contribution in [2.45, 2.75) is 50.4 Å². The zero-order chi connectivity index (χ0) is 19.1. The molecule has 0 bridgehead atoms. The van der Waals surface area contributed by atoms with Crippen LogP contribution in [0.15, 0.2) is 41.0 Å². The van der Waals surface area contributed by atoms with Crippen LogP contribution in [0.5, 0.6) is 11.5 Å². The highest BCUT2D eigenvalue weighted by molar-refractivity contribution is 6.00. The van der Waals surface area contributed by atoms with E-state index in [1.807, 2.05) is 12.1 Å². The summed E-state index contributed by atoms with van der Waals surface area (Å²) < 4.78 is 17.3. The smallest absolute Gasteiger partial charge is 0.290 e. The van der Waals surface area contributed by atoms with Gasteiger partial charge in [0.1, 0.15) is 6.04 Å². The molecule has 1 spiro atoms. The van der Waals surface area contributed by atoms with Crippen molar-refractivity contribution in [2.75, 3.05) is 11.9 Å². The molecule has 1 saturated heterocycles. The maximum atomic E-state index is 12.8. The molecule has 1 aromatic heterocycles. The third-order valence-corrected chi connectivity index (χ3v) is 5.72. The molecule has 2 amide bonds. The SMILES string of the molecule is O=C(Nc1ccc2c(c1)OC1(CCCC1)O2)C1CCCN1C(=O)c1ccco1. The number of ether oxygens (including phenoxy) is 2. The second-order valence-corrected chi connectivity index (χ2v) is 7.61. The van der Waals surface area contributed by atoms with Gasteiger partial charge in [0.05, 0.1) is 6.26 Å². The van der Waals surface area contributed by atoms with E-state index in [0.29, 0.717) is 24.4 Å². The van der Waals surface area contributed by atoms with Gasteiger partial charge in [0.2, 0.25) is 5.91 Å². The lowest BCUT2D eigenvalue weighted by molar-refractivity contribution is -0.119. The third kappa shape index (κ3) is 2.91. The number of carbonyl (C=O) groups excluding carboxylic acids is 2. The van der Waals surface area contributed by atoms with Crippen LogP contribution in [0, 0.1) is 0 Å². The second-order valence-electron chi connectivity index (χ2n) is 7.61. The van der Waals surface area contributed by atoms with Crippen LogP contribution in [0.3, 0.4) is 0 Å². The number of carbonyl (C=O) groups is 2. The van der Waals surface area contributed by atoms with Gasteiger partial charge in [-0.2, -0.15) is 0 Å². The molecule has 1 unspecified atom stereocenters. The van der Waals surface area contributed by atoms with Crippen LogP contribution in [0.1, 0.15) is 49.1 Å². The molecule has 2 fully saturated rings. The Kier molecular flexibility index (Phi) is 4.03. The van der Waals surface area contributed by atoms with Crippen molar-refractivity contribution in [2.24, 2.45) is 0 Å². The largest absolute Gasteiger partial charge is 0.459 e. The Bertz CT molecular complexity index is 902. The van der Waals surface area contributed by atoms with Crippen LogP contribution >= 0.6 is 0 Å². The first kappa shape index (κ1) is 17.2. The van der Waals surface area contributed by atoms with Crippen LogP contribution in [0.4, 0.5) is 5.69 Å². The Morgan fingerprint density at radius 2 is 1.89 bits per heavy atom. The van der Waals surface area contributed by atoms with Crippen molar-refractivity contribution in [1.29, 1.82) is 0 Å². The van der Waals surface area contributed by atoms with Gasteiger partial charge in [-0.25, -0.2) is 0 Å². The van der Waals surface area contributed by atoms with Crippen LogP contribution in [0.2, 0.25) is 0 Å². The summed E-state index contributed by atoms with van der Waals surface area (Å²) in [5.41, 5.74) is 0.639. The lowest BCUT2D eigenvalue weighted by atomic mass is 10.2. The number of anilines is 1. The second kappa shape index (κ2) is 6.58. The first-order chi connectivity index (χ1) is 13.6. The maximum Gasteiger partial charge on any atom is 0.290 e. The van der Waals surface area contributed by atoms with Gasteiger partial charge in [0.25, 0.3) is 11.7 Å². The Morgan fingerprint density at radius 1 is 1.07 bits per heavy atom. The Balaban J connectivity index is 1.29. The van der Waals surface area contributed by atoms with E-state index >= 15 is 0 Å². The number of nitrogens with zero attached hydrogens (tertiary/aromatic N) is 1. The zero-order valence-corrected chi connectivity index (χ0v) is 15.5. The normalized spacial score (nSPS) is 22.0. The molecule has 1 N–H and O–H groups in total. The molecule has 2 aromatic rings. The van der Waals surface area contributed by atoms with E-state index in [0.717, 1.165) is 37.9 Å². The molecule has 1 saturated carbocycles. The Hall–Kier alpha value is -2.96. The van der Waals surface area contributed by atoms with Crippen molar-refractivity contribution in [1.82, 2.24) is 4.90 Å². The molecule has 5 rings (SSSR count). The van der Waals surface area contributed by atoms with Crippen LogP contribution in [0.25, 0.3) is 0 Å². The van der Waals surface area contributed by atoms with Crippen LogP contribution < -0.4 is 14.8 Å². The zero-order valence-electron chi connectivity index (χ0n) is 15.5. The highest BCUT2D eigenvalue weighted by Crippen LogP contribution is 2.47. The highest BCUT2D eigenvalue weighted by Gasteiger charge is 2.44. The number of fused-ring (bicyclic) bond motifs is 1. The standard InChI is InChI=1S/C21H22N2O5/c24-19(15-5-3-11-23(15)20(25)17-6-4-12-26-17)22-14-7-8-16-18(13-14)28-21(27-16)9-1-2-10-21/h4,6-8,12-13,15H,1-3,5,9-11H2,(H,22,24). The molecular formula is C21H22N2O5. The van der Waals surface area contributed by atoms with Gasteiger partial charge in [0, 0.05) is 31.1 Å². The van der Waals surface area contributed by atoms with Crippen molar-refractivity contribution in [3.8, 4) is 11.5 Å². The van der Waals surface area contributed by atoms with E-state index in [2.05, 4.69) is 5.32 Å². The van der Waals surface area contributed by atoms with Crippen molar-refractivity contribution in [3.05, 3.63) is 42.4 Å². The molecule has 7 heteroatoms. The third-order valence-electron chi connectivity index (χ3n) is 5.72. The fourth-order valence-electron chi connectivity index (χ4n) is 4.34. The fourth-order valence-corrected chi connectivity index (χ4v) is 4.34. The average molecular weight is 382 g/mol. The minimum Gasteiger partial charge on any atom is -0.459 e. The van der Waals surface area contributed by atoms with Gasteiger partial charge in [0.15, 0.2) is 17.3 Å². The molecular weight excluding hydrogens is 360 g/mol. The van der Waals surface area contributed by atoms with E-state index in [4.69, 9.17) is 13.9 Å². The minimum atomic E-state index is -0.525. The number of nitrogens with one attached hydrogen (secondary N) is 1.